The fourth-order valence-corrected chi connectivity index (χ4v) is 1.27. The van der Waals surface area contributed by atoms with E-state index in [1.54, 1.807) is 16.8 Å². The molecule has 0 bridgehead atoms. The van der Waals surface area contributed by atoms with Gasteiger partial charge in [-0.25, -0.2) is 9.97 Å². The molecule has 2 rings (SSSR count). The third kappa shape index (κ3) is 1.38. The van der Waals surface area contributed by atoms with Crippen LogP contribution in [0.15, 0.2) is 18.6 Å². The Morgan fingerprint density at radius 1 is 1.46 bits per heavy atom. The molecule has 0 amide bonds. The number of aromatic nitrogens is 3. The second kappa shape index (κ2) is 2.97. The Morgan fingerprint density at radius 3 is 2.85 bits per heavy atom. The maximum Gasteiger partial charge on any atom is 0.234 e. The molecule has 0 spiro atoms. The third-order valence-corrected chi connectivity index (χ3v) is 2.14. The van der Waals surface area contributed by atoms with Gasteiger partial charge in [0.05, 0.1) is 6.20 Å². The molecule has 0 aromatic carbocycles. The van der Waals surface area contributed by atoms with E-state index in [1.807, 2.05) is 13.1 Å². The number of halogens is 1. The predicted octanol–water partition coefficient (Wildman–Crippen LogP) is 1.40. The fourth-order valence-electron chi connectivity index (χ4n) is 1.10. The number of nitrogens with zero attached hydrogens (tertiary/aromatic N) is 3. The Bertz CT molecular complexity index is 435. The molecule has 4 nitrogen and oxygen atoms in total. The summed E-state index contributed by atoms with van der Waals surface area (Å²) in [5.41, 5.74) is 6.64. The van der Waals surface area contributed by atoms with Gasteiger partial charge in [-0.05, 0) is 6.92 Å². The van der Waals surface area contributed by atoms with E-state index in [1.165, 1.54) is 0 Å². The maximum absolute atomic E-state index is 5.87. The monoisotopic (exact) mass is 196 g/mol. The second-order valence-corrected chi connectivity index (χ2v) is 3.31. The molecule has 0 saturated carbocycles. The minimum absolute atomic E-state index is 0.0460. The van der Waals surface area contributed by atoms with Gasteiger partial charge in [0.25, 0.3) is 0 Å². The Hall–Kier alpha value is -1.13. The molecule has 0 fully saturated rings. The molecule has 2 aromatic heterocycles. The number of hydrogen-bond acceptors (Lipinski definition) is 3. The quantitative estimate of drug-likeness (QED) is 0.750. The Balaban J connectivity index is 2.66. The maximum atomic E-state index is 5.87. The molecule has 68 valence electrons. The smallest absolute Gasteiger partial charge is 0.234 e. The molecule has 0 saturated heterocycles. The van der Waals surface area contributed by atoms with Crippen molar-refractivity contribution in [3.63, 3.8) is 0 Å². The van der Waals surface area contributed by atoms with E-state index in [4.69, 9.17) is 17.3 Å². The number of hydrogen-bond donors (Lipinski definition) is 1. The zero-order chi connectivity index (χ0) is 9.42. The first-order valence-corrected chi connectivity index (χ1v) is 4.30. The van der Waals surface area contributed by atoms with Crippen LogP contribution in [0.2, 0.25) is 5.15 Å². The summed E-state index contributed by atoms with van der Waals surface area (Å²) in [7, 11) is 0. The van der Waals surface area contributed by atoms with E-state index in [2.05, 4.69) is 9.97 Å². The zero-order valence-electron chi connectivity index (χ0n) is 7.11. The zero-order valence-corrected chi connectivity index (χ0v) is 7.86. The Labute approximate surface area is 80.4 Å². The minimum Gasteiger partial charge on any atom is -0.324 e. The summed E-state index contributed by atoms with van der Waals surface area (Å²) in [5.74, 6) is 0.592. The van der Waals surface area contributed by atoms with E-state index >= 15 is 0 Å². The second-order valence-electron chi connectivity index (χ2n) is 2.93. The van der Waals surface area contributed by atoms with E-state index in [9.17, 15) is 0 Å². The lowest BCUT2D eigenvalue weighted by molar-refractivity contribution is 0.799. The van der Waals surface area contributed by atoms with Crippen LogP contribution >= 0.6 is 11.6 Å². The van der Waals surface area contributed by atoms with E-state index in [0.717, 1.165) is 5.56 Å². The van der Waals surface area contributed by atoms with Crippen molar-refractivity contribution in [3.05, 3.63) is 29.3 Å². The summed E-state index contributed by atoms with van der Waals surface area (Å²) in [4.78, 5) is 8.11. The molecule has 2 N–H and O–H groups in total. The lowest BCUT2D eigenvalue weighted by atomic mass is 10.2. The van der Waals surface area contributed by atoms with Gasteiger partial charge in [-0.15, -0.1) is 0 Å². The molecule has 1 atom stereocenters. The highest BCUT2D eigenvalue weighted by atomic mass is 35.5. The first kappa shape index (κ1) is 8.47. The molecule has 2 aromatic rings. The van der Waals surface area contributed by atoms with E-state index in [0.29, 0.717) is 10.9 Å². The van der Waals surface area contributed by atoms with Crippen LogP contribution < -0.4 is 5.73 Å². The van der Waals surface area contributed by atoms with Gasteiger partial charge in [0.2, 0.25) is 5.78 Å². The van der Waals surface area contributed by atoms with Gasteiger partial charge >= 0.3 is 0 Å². The van der Waals surface area contributed by atoms with Crippen LogP contribution in [0.1, 0.15) is 18.5 Å². The molecule has 0 aliphatic rings. The number of fused-ring (bicyclic) bond motifs is 1. The fraction of sp³-hybridized carbons (Fsp3) is 0.250. The minimum atomic E-state index is -0.0460. The van der Waals surface area contributed by atoms with Crippen LogP contribution in [0.25, 0.3) is 5.78 Å². The van der Waals surface area contributed by atoms with Gasteiger partial charge in [0.15, 0.2) is 0 Å². The van der Waals surface area contributed by atoms with Crippen LogP contribution in [0, 0.1) is 0 Å². The number of nitrogens with two attached hydrogens (primary N) is 1. The largest absolute Gasteiger partial charge is 0.324 e. The lowest BCUT2D eigenvalue weighted by Gasteiger charge is -2.04. The number of imidazole rings is 1. The molecule has 2 heterocycles. The van der Waals surface area contributed by atoms with Crippen molar-refractivity contribution in [2.45, 2.75) is 13.0 Å². The molecule has 13 heavy (non-hydrogen) atoms. The molecule has 0 radical (unpaired) electrons. The van der Waals surface area contributed by atoms with Crippen LogP contribution in [-0.2, 0) is 0 Å². The topological polar surface area (TPSA) is 56.2 Å². The van der Waals surface area contributed by atoms with Crippen LogP contribution in [0.3, 0.4) is 0 Å². The predicted molar refractivity (Wildman–Crippen MR) is 50.6 cm³/mol. The van der Waals surface area contributed by atoms with Gasteiger partial charge < -0.3 is 5.73 Å². The lowest BCUT2D eigenvalue weighted by Crippen LogP contribution is -2.06. The Morgan fingerprint density at radius 2 is 2.15 bits per heavy atom. The van der Waals surface area contributed by atoms with Gasteiger partial charge in [-0.1, -0.05) is 11.6 Å². The molecule has 0 aliphatic heterocycles. The van der Waals surface area contributed by atoms with Crippen molar-refractivity contribution in [1.29, 1.82) is 0 Å². The van der Waals surface area contributed by atoms with Crippen molar-refractivity contribution in [1.82, 2.24) is 14.4 Å². The summed E-state index contributed by atoms with van der Waals surface area (Å²) >= 11 is 5.87. The molecule has 0 aliphatic carbocycles. The summed E-state index contributed by atoms with van der Waals surface area (Å²) in [6, 6.07) is -0.0460. The van der Waals surface area contributed by atoms with Crippen molar-refractivity contribution < 1.29 is 0 Å². The highest BCUT2D eigenvalue weighted by Crippen LogP contribution is 2.13. The standard InChI is InChI=1S/C8H9ClN4/c1-5(10)6-2-11-8-12-3-7(9)13(8)4-6/h2-5H,10H2,1H3. The van der Waals surface area contributed by atoms with Crippen molar-refractivity contribution in [2.24, 2.45) is 5.73 Å². The normalized spacial score (nSPS) is 13.5. The first-order chi connectivity index (χ1) is 6.18. The van der Waals surface area contributed by atoms with E-state index in [-0.39, 0.29) is 6.04 Å². The Kier molecular flexibility index (Phi) is 1.94. The highest BCUT2D eigenvalue weighted by Gasteiger charge is 2.04. The summed E-state index contributed by atoms with van der Waals surface area (Å²) in [5, 5.41) is 0.546. The van der Waals surface area contributed by atoms with Crippen molar-refractivity contribution in [2.75, 3.05) is 0 Å². The third-order valence-electron chi connectivity index (χ3n) is 1.87. The van der Waals surface area contributed by atoms with Crippen LogP contribution in [0.4, 0.5) is 0 Å². The average Bonchev–Trinajstić information content (AvgIpc) is 2.47. The average molecular weight is 197 g/mol. The van der Waals surface area contributed by atoms with E-state index < -0.39 is 0 Å². The molecule has 5 heteroatoms. The molecule has 1 unspecified atom stereocenters. The summed E-state index contributed by atoms with van der Waals surface area (Å²) in [6.07, 6.45) is 5.13. The summed E-state index contributed by atoms with van der Waals surface area (Å²) in [6.45, 7) is 1.90. The molecular weight excluding hydrogens is 188 g/mol. The van der Waals surface area contributed by atoms with Gasteiger partial charge in [-0.3, -0.25) is 4.40 Å². The van der Waals surface area contributed by atoms with Crippen LogP contribution in [-0.4, -0.2) is 14.4 Å². The van der Waals surface area contributed by atoms with Crippen LogP contribution in [0.5, 0.6) is 0 Å². The van der Waals surface area contributed by atoms with Gasteiger partial charge in [-0.2, -0.15) is 0 Å². The van der Waals surface area contributed by atoms with Gasteiger partial charge in [0.1, 0.15) is 5.15 Å². The molecular formula is C8H9ClN4. The SMILES string of the molecule is CC(N)c1cnc2ncc(Cl)n2c1. The highest BCUT2D eigenvalue weighted by molar-refractivity contribution is 6.29. The first-order valence-electron chi connectivity index (χ1n) is 3.92. The van der Waals surface area contributed by atoms with Gasteiger partial charge in [0, 0.05) is 24.0 Å². The van der Waals surface area contributed by atoms with Crippen molar-refractivity contribution in [3.8, 4) is 0 Å². The number of rotatable bonds is 1. The van der Waals surface area contributed by atoms with Crippen molar-refractivity contribution >= 4 is 17.4 Å². The summed E-state index contributed by atoms with van der Waals surface area (Å²) < 4.78 is 1.71.